The Balaban J connectivity index is 1.69. The summed E-state index contributed by atoms with van der Waals surface area (Å²) in [7, 11) is -5.94. The van der Waals surface area contributed by atoms with Crippen LogP contribution >= 0.6 is 0 Å². The topological polar surface area (TPSA) is 114 Å². The number of benzene rings is 2. The number of aromatic hydroxyl groups is 1. The summed E-state index contributed by atoms with van der Waals surface area (Å²) in [5, 5.41) is 13.3. The van der Waals surface area contributed by atoms with Gasteiger partial charge in [0, 0.05) is 44.0 Å². The van der Waals surface area contributed by atoms with Gasteiger partial charge in [0.05, 0.1) is 23.6 Å². The third kappa shape index (κ3) is 6.19. The highest BCUT2D eigenvalue weighted by molar-refractivity contribution is 7.88. The minimum Gasteiger partial charge on any atom is -0.541 e. The van der Waals surface area contributed by atoms with E-state index in [-0.39, 0.29) is 66.8 Å². The summed E-state index contributed by atoms with van der Waals surface area (Å²) in [6.07, 6.45) is 3.89. The molecule has 2 aromatic heterocycles. The second-order valence-electron chi connectivity index (χ2n) is 13.0. The molecule has 0 unspecified atom stereocenters. The second kappa shape index (κ2) is 12.8. The van der Waals surface area contributed by atoms with Crippen molar-refractivity contribution in [2.75, 3.05) is 32.4 Å². The van der Waals surface area contributed by atoms with E-state index in [4.69, 9.17) is 14.1 Å². The van der Waals surface area contributed by atoms with Crippen LogP contribution in [0.3, 0.4) is 0 Å². The van der Waals surface area contributed by atoms with Gasteiger partial charge in [-0.1, -0.05) is 53.7 Å². The summed E-state index contributed by atoms with van der Waals surface area (Å²) in [4.78, 5) is 19.8. The Morgan fingerprint density at radius 2 is 1.57 bits per heavy atom. The van der Waals surface area contributed by atoms with Gasteiger partial charge in [-0.3, -0.25) is 4.98 Å². The molecule has 0 spiro atoms. The molecule has 10 nitrogen and oxygen atoms in total. The Bertz CT molecular complexity index is 1830. The average molecular weight is 671 g/mol. The summed E-state index contributed by atoms with van der Waals surface area (Å²) in [5.74, 6) is 0.230. The molecule has 0 radical (unpaired) electrons. The summed E-state index contributed by atoms with van der Waals surface area (Å²) in [6.45, 7) is 14.0. The van der Waals surface area contributed by atoms with Crippen molar-refractivity contribution in [3.8, 4) is 17.4 Å². The van der Waals surface area contributed by atoms with Crippen LogP contribution in [0.25, 0.3) is 21.7 Å². The summed E-state index contributed by atoms with van der Waals surface area (Å²) in [5.41, 5.74) is 1.92. The molecule has 1 saturated heterocycles. The number of carbonyl (C=O) groups excluding carboxylic acids is 1. The van der Waals surface area contributed by atoms with Gasteiger partial charge in [0.25, 0.3) is 8.32 Å². The maximum absolute atomic E-state index is 13.7. The first-order valence-electron chi connectivity index (χ1n) is 15.6. The van der Waals surface area contributed by atoms with Crippen molar-refractivity contribution in [2.24, 2.45) is 0 Å². The quantitative estimate of drug-likeness (QED) is 0.197. The number of nitrogens with zero attached hydrogens (tertiary/aromatic N) is 4. The van der Waals surface area contributed by atoms with Crippen LogP contribution in [0.2, 0.25) is 16.6 Å². The van der Waals surface area contributed by atoms with E-state index in [1.54, 1.807) is 35.2 Å². The third-order valence-electron chi connectivity index (χ3n) is 9.20. The highest BCUT2D eigenvalue weighted by atomic mass is 32.2. The predicted octanol–water partition coefficient (Wildman–Crippen LogP) is 6.71. The van der Waals surface area contributed by atoms with Crippen LogP contribution in [0.15, 0.2) is 48.8 Å². The zero-order valence-corrected chi connectivity index (χ0v) is 29.3. The molecule has 4 aromatic rings. The number of halogens is 1. The monoisotopic (exact) mass is 670 g/mol. The molecule has 1 aliphatic rings. The number of piperazine rings is 1. The largest absolute Gasteiger partial charge is 0.541 e. The number of hydrogen-bond donors (Lipinski definition) is 1. The standard InChI is InChI=1S/C33H43FN4O6SSi/c1-21(2)46(22(3)4,23(5)6)44-31-28-27(20-37(32(28)39)19-24-10-12-25(34)13-11-24)30(26-9-8-14-35-29(26)31)43-33(40)36-15-17-38(18-16-36)45(7,41)42/h8-14,20-23,39H,15-19H2,1-7H3. The SMILES string of the molecule is CC(C)[Si](Oc1c2ncccc2c(OC(=O)N2CCN(S(C)(=O)=O)CC2)c2cn(Cc3ccc(F)cc3)c(O)c12)(C(C)C)C(C)C. The molecule has 0 saturated carbocycles. The number of hydrogen-bond acceptors (Lipinski definition) is 7. The van der Waals surface area contributed by atoms with Crippen LogP contribution in [-0.4, -0.2) is 79.1 Å². The fourth-order valence-corrected chi connectivity index (χ4v) is 13.1. The van der Waals surface area contributed by atoms with Gasteiger partial charge in [-0.2, -0.15) is 4.31 Å². The summed E-state index contributed by atoms with van der Waals surface area (Å²) < 4.78 is 54.0. The van der Waals surface area contributed by atoms with Crippen molar-refractivity contribution < 1.29 is 31.9 Å². The lowest BCUT2D eigenvalue weighted by atomic mass is 10.1. The lowest BCUT2D eigenvalue weighted by Gasteiger charge is -2.42. The Kier molecular flexibility index (Phi) is 9.40. The van der Waals surface area contributed by atoms with Crippen LogP contribution in [-0.2, 0) is 16.6 Å². The molecule has 2 aromatic carbocycles. The molecule has 13 heteroatoms. The van der Waals surface area contributed by atoms with Gasteiger partial charge < -0.3 is 23.7 Å². The molecular weight excluding hydrogens is 628 g/mol. The van der Waals surface area contributed by atoms with Crippen LogP contribution in [0, 0.1) is 5.82 Å². The predicted molar refractivity (Wildman–Crippen MR) is 180 cm³/mol. The van der Waals surface area contributed by atoms with Crippen molar-refractivity contribution in [3.05, 3.63) is 60.2 Å². The molecule has 0 bridgehead atoms. The first kappa shape index (κ1) is 33.7. The molecular formula is C33H43FN4O6SSi. The Hall–Kier alpha value is -3.68. The van der Waals surface area contributed by atoms with Crippen LogP contribution in [0.5, 0.6) is 17.4 Å². The van der Waals surface area contributed by atoms with Crippen molar-refractivity contribution in [1.82, 2.24) is 18.8 Å². The van der Waals surface area contributed by atoms with Gasteiger partial charge in [0.15, 0.2) is 5.75 Å². The number of amides is 1. The molecule has 1 aliphatic heterocycles. The van der Waals surface area contributed by atoms with E-state index in [2.05, 4.69) is 41.5 Å². The summed E-state index contributed by atoms with van der Waals surface area (Å²) >= 11 is 0. The zero-order chi connectivity index (χ0) is 33.6. The van der Waals surface area contributed by atoms with Crippen LogP contribution in [0.1, 0.15) is 47.1 Å². The average Bonchev–Trinajstić information content (AvgIpc) is 3.32. The van der Waals surface area contributed by atoms with Crippen molar-refractivity contribution in [1.29, 1.82) is 0 Å². The van der Waals surface area contributed by atoms with E-state index in [1.165, 1.54) is 21.3 Å². The number of pyridine rings is 1. The molecule has 46 heavy (non-hydrogen) atoms. The Morgan fingerprint density at radius 1 is 0.957 bits per heavy atom. The van der Waals surface area contributed by atoms with E-state index in [1.807, 2.05) is 6.07 Å². The first-order chi connectivity index (χ1) is 21.6. The summed E-state index contributed by atoms with van der Waals surface area (Å²) in [6, 6.07) is 9.62. The molecule has 1 fully saturated rings. The van der Waals surface area contributed by atoms with Gasteiger partial charge in [0.1, 0.15) is 17.1 Å². The zero-order valence-electron chi connectivity index (χ0n) is 27.4. The van der Waals surface area contributed by atoms with E-state index < -0.39 is 24.4 Å². The van der Waals surface area contributed by atoms with Gasteiger partial charge >= 0.3 is 6.09 Å². The number of ether oxygens (including phenoxy) is 1. The van der Waals surface area contributed by atoms with E-state index in [9.17, 15) is 22.7 Å². The van der Waals surface area contributed by atoms with Crippen LogP contribution < -0.4 is 9.16 Å². The van der Waals surface area contributed by atoms with Gasteiger partial charge in [0.2, 0.25) is 15.9 Å². The van der Waals surface area contributed by atoms with Crippen molar-refractivity contribution in [3.63, 3.8) is 0 Å². The lowest BCUT2D eigenvalue weighted by molar-refractivity contribution is 0.134. The third-order valence-corrected chi connectivity index (χ3v) is 16.5. The Labute approximate surface area is 270 Å². The maximum atomic E-state index is 13.7. The van der Waals surface area contributed by atoms with Crippen LogP contribution in [0.4, 0.5) is 9.18 Å². The van der Waals surface area contributed by atoms with Crippen molar-refractivity contribution in [2.45, 2.75) is 64.7 Å². The normalized spacial score (nSPS) is 15.1. The maximum Gasteiger partial charge on any atom is 0.415 e. The van der Waals surface area contributed by atoms with Gasteiger partial charge in [-0.25, -0.2) is 17.6 Å². The number of carbonyl (C=O) groups is 1. The van der Waals surface area contributed by atoms with E-state index in [0.717, 1.165) is 11.8 Å². The minimum absolute atomic E-state index is 0.0832. The second-order valence-corrected chi connectivity index (χ2v) is 20.3. The number of sulfonamides is 1. The smallest absolute Gasteiger partial charge is 0.415 e. The van der Waals surface area contributed by atoms with Crippen molar-refractivity contribution >= 4 is 46.1 Å². The fourth-order valence-electron chi connectivity index (χ4n) is 6.98. The lowest BCUT2D eigenvalue weighted by Crippen LogP contribution is -2.51. The molecule has 1 N–H and O–H groups in total. The molecule has 0 atom stereocenters. The minimum atomic E-state index is -3.38. The fraction of sp³-hybridized carbons (Fsp3) is 0.455. The molecule has 248 valence electrons. The number of fused-ring (bicyclic) bond motifs is 2. The molecule has 3 heterocycles. The molecule has 1 amide bonds. The Morgan fingerprint density at radius 3 is 2.13 bits per heavy atom. The highest BCUT2D eigenvalue weighted by Crippen LogP contribution is 2.51. The molecule has 5 rings (SSSR count). The number of rotatable bonds is 9. The van der Waals surface area contributed by atoms with Gasteiger partial charge in [-0.15, -0.1) is 0 Å². The van der Waals surface area contributed by atoms with E-state index >= 15 is 0 Å². The molecule has 0 aliphatic carbocycles. The first-order valence-corrected chi connectivity index (χ1v) is 19.6. The van der Waals surface area contributed by atoms with E-state index in [0.29, 0.717) is 27.4 Å². The number of aromatic nitrogens is 2. The highest BCUT2D eigenvalue weighted by Gasteiger charge is 2.48. The van der Waals surface area contributed by atoms with Gasteiger partial charge in [-0.05, 0) is 46.5 Å².